The van der Waals surface area contributed by atoms with E-state index < -0.39 is 0 Å². The van der Waals surface area contributed by atoms with Crippen LogP contribution in [-0.4, -0.2) is 36.4 Å². The molecule has 0 aliphatic carbocycles. The summed E-state index contributed by atoms with van der Waals surface area (Å²) in [5, 5.41) is 0. The molecule has 0 radical (unpaired) electrons. The van der Waals surface area contributed by atoms with Gasteiger partial charge in [0.25, 0.3) is 0 Å². The zero-order chi connectivity index (χ0) is 9.56. The van der Waals surface area contributed by atoms with Gasteiger partial charge in [0.15, 0.2) is 0 Å². The van der Waals surface area contributed by atoms with Crippen molar-refractivity contribution in [1.29, 1.82) is 0 Å². The van der Waals surface area contributed by atoms with Crippen LogP contribution in [-0.2, 0) is 0 Å². The SMILES string of the molecule is CC(C)[Se]NC(=O)N[Se]C(C)C. The molecular formula is C7H16N2OSe2. The van der Waals surface area contributed by atoms with Crippen molar-refractivity contribution in [3.8, 4) is 0 Å². The Balaban J connectivity index is 3.34. The van der Waals surface area contributed by atoms with Crippen molar-refractivity contribution in [2.75, 3.05) is 0 Å². The van der Waals surface area contributed by atoms with Crippen molar-refractivity contribution in [3.05, 3.63) is 0 Å². The standard InChI is InChI=1S/C7H16N2OSe2/c1-5(2)11-8-7(10)9-12-6(3)4/h5-6H,1-4H3,(H2,8,9,10). The molecule has 0 aromatic rings. The molecule has 12 heavy (non-hydrogen) atoms. The number of carbonyl (C=O) groups excluding carboxylic acids is 1. The third-order valence-corrected chi connectivity index (χ3v) is 4.03. The van der Waals surface area contributed by atoms with Gasteiger partial charge >= 0.3 is 87.2 Å². The van der Waals surface area contributed by atoms with E-state index in [2.05, 4.69) is 36.4 Å². The minimum atomic E-state index is -0.00241. The van der Waals surface area contributed by atoms with Crippen LogP contribution in [0.3, 0.4) is 0 Å². The van der Waals surface area contributed by atoms with Crippen molar-refractivity contribution in [3.63, 3.8) is 0 Å². The van der Waals surface area contributed by atoms with E-state index in [9.17, 15) is 4.79 Å². The van der Waals surface area contributed by atoms with Crippen LogP contribution in [0, 0.1) is 0 Å². The van der Waals surface area contributed by atoms with Crippen molar-refractivity contribution in [1.82, 2.24) is 8.67 Å². The fraction of sp³-hybridized carbons (Fsp3) is 0.857. The third kappa shape index (κ3) is 8.41. The molecule has 72 valence electrons. The van der Waals surface area contributed by atoms with Gasteiger partial charge in [-0.25, -0.2) is 0 Å². The maximum absolute atomic E-state index is 11.1. The molecule has 0 spiro atoms. The van der Waals surface area contributed by atoms with Crippen LogP contribution in [0.15, 0.2) is 0 Å². The predicted octanol–water partition coefficient (Wildman–Crippen LogP) is 1.18. The summed E-state index contributed by atoms with van der Waals surface area (Å²) in [6.07, 6.45) is 0. The number of urea groups is 1. The van der Waals surface area contributed by atoms with Gasteiger partial charge in [0.2, 0.25) is 0 Å². The Labute approximate surface area is 87.2 Å². The van der Waals surface area contributed by atoms with Crippen LogP contribution >= 0.6 is 0 Å². The van der Waals surface area contributed by atoms with E-state index in [0.717, 1.165) is 0 Å². The van der Waals surface area contributed by atoms with Gasteiger partial charge in [0.05, 0.1) is 0 Å². The summed E-state index contributed by atoms with van der Waals surface area (Å²) in [6.45, 7) is 8.42. The normalized spacial score (nSPS) is 10.5. The van der Waals surface area contributed by atoms with Crippen LogP contribution in [0.2, 0.25) is 9.63 Å². The molecule has 0 atom stereocenters. The van der Waals surface area contributed by atoms with E-state index in [0.29, 0.717) is 9.63 Å². The number of hydrogen-bond acceptors (Lipinski definition) is 1. The molecule has 0 bridgehead atoms. The Hall–Kier alpha value is 0.309. The quantitative estimate of drug-likeness (QED) is 0.752. The molecule has 0 rings (SSSR count). The Morgan fingerprint density at radius 3 is 1.58 bits per heavy atom. The van der Waals surface area contributed by atoms with E-state index in [-0.39, 0.29) is 36.4 Å². The Morgan fingerprint density at radius 1 is 1.00 bits per heavy atom. The van der Waals surface area contributed by atoms with Gasteiger partial charge in [-0.3, -0.25) is 0 Å². The van der Waals surface area contributed by atoms with Crippen LogP contribution < -0.4 is 8.67 Å². The summed E-state index contributed by atoms with van der Waals surface area (Å²) in [7, 11) is 0. The van der Waals surface area contributed by atoms with E-state index >= 15 is 0 Å². The molecule has 0 aromatic carbocycles. The monoisotopic (exact) mass is 304 g/mol. The number of carbonyl (C=O) groups is 1. The second kappa shape index (κ2) is 6.79. The first-order valence-corrected chi connectivity index (χ1v) is 7.58. The molecule has 2 amide bonds. The van der Waals surface area contributed by atoms with Crippen molar-refractivity contribution < 1.29 is 4.79 Å². The maximum atomic E-state index is 11.1. The van der Waals surface area contributed by atoms with Crippen LogP contribution in [0.25, 0.3) is 0 Å². The molecule has 0 aliphatic heterocycles. The van der Waals surface area contributed by atoms with E-state index in [1.807, 2.05) is 0 Å². The Kier molecular flexibility index (Phi) is 6.96. The van der Waals surface area contributed by atoms with E-state index in [1.54, 1.807) is 0 Å². The van der Waals surface area contributed by atoms with Gasteiger partial charge in [-0.2, -0.15) is 0 Å². The number of hydrogen-bond donors (Lipinski definition) is 2. The molecule has 3 nitrogen and oxygen atoms in total. The van der Waals surface area contributed by atoms with Gasteiger partial charge in [-0.05, 0) is 0 Å². The zero-order valence-corrected chi connectivity index (χ0v) is 11.3. The molecule has 0 fully saturated rings. The number of nitrogens with one attached hydrogen (secondary N) is 2. The van der Waals surface area contributed by atoms with Gasteiger partial charge in [-0.1, -0.05) is 0 Å². The molecule has 0 unspecified atom stereocenters. The Bertz CT molecular complexity index is 125. The van der Waals surface area contributed by atoms with Gasteiger partial charge in [-0.15, -0.1) is 0 Å². The molecule has 0 saturated heterocycles. The molecular weight excluding hydrogens is 286 g/mol. The summed E-state index contributed by atoms with van der Waals surface area (Å²) >= 11 is 0.467. The first-order valence-electron chi connectivity index (χ1n) is 3.89. The van der Waals surface area contributed by atoms with Gasteiger partial charge in [0.1, 0.15) is 0 Å². The second-order valence-corrected chi connectivity index (χ2v) is 8.67. The fourth-order valence-corrected chi connectivity index (χ4v) is 2.34. The fourth-order valence-electron chi connectivity index (χ4n) is 0.364. The third-order valence-electron chi connectivity index (χ3n) is 0.775. The number of amides is 2. The summed E-state index contributed by atoms with van der Waals surface area (Å²) in [6, 6.07) is -0.00241. The summed E-state index contributed by atoms with van der Waals surface area (Å²) in [5.41, 5.74) is 0. The van der Waals surface area contributed by atoms with Gasteiger partial charge < -0.3 is 0 Å². The van der Waals surface area contributed by atoms with Crippen LogP contribution in [0.5, 0.6) is 0 Å². The first kappa shape index (κ1) is 12.3. The topological polar surface area (TPSA) is 41.1 Å². The average molecular weight is 302 g/mol. The second-order valence-electron chi connectivity index (χ2n) is 2.87. The van der Waals surface area contributed by atoms with Crippen LogP contribution in [0.4, 0.5) is 4.79 Å². The van der Waals surface area contributed by atoms with Crippen molar-refractivity contribution in [2.45, 2.75) is 37.3 Å². The molecule has 0 aliphatic rings. The minimum absolute atomic E-state index is 0.00241. The van der Waals surface area contributed by atoms with Gasteiger partial charge in [0, 0.05) is 0 Å². The molecule has 0 saturated carbocycles. The molecule has 0 aromatic heterocycles. The summed E-state index contributed by atoms with van der Waals surface area (Å²) in [5.74, 6) is 0. The van der Waals surface area contributed by atoms with E-state index in [1.165, 1.54) is 0 Å². The zero-order valence-electron chi connectivity index (χ0n) is 7.88. The molecule has 2 N–H and O–H groups in total. The average Bonchev–Trinajstić information content (AvgIpc) is 1.96. The summed E-state index contributed by atoms with van der Waals surface area (Å²) in [4.78, 5) is 12.2. The summed E-state index contributed by atoms with van der Waals surface area (Å²) < 4.78 is 5.73. The van der Waals surface area contributed by atoms with Crippen LogP contribution in [0.1, 0.15) is 27.7 Å². The molecule has 0 heterocycles. The Morgan fingerprint density at radius 2 is 1.33 bits per heavy atom. The first-order chi connectivity index (χ1) is 5.52. The van der Waals surface area contributed by atoms with E-state index in [4.69, 9.17) is 0 Å². The predicted molar refractivity (Wildman–Crippen MR) is 53.4 cm³/mol. The van der Waals surface area contributed by atoms with Crippen molar-refractivity contribution in [2.24, 2.45) is 0 Å². The molecule has 5 heteroatoms. The van der Waals surface area contributed by atoms with Crippen molar-refractivity contribution >= 4 is 36.4 Å². The number of rotatable bonds is 4.